The van der Waals surface area contributed by atoms with Crippen LogP contribution in [0.1, 0.15) is 32.2 Å². The molecule has 1 saturated heterocycles. The fraction of sp³-hybridized carbons (Fsp3) is 0.353. The SMILES string of the molecule is Cc1noc(C(F)(F)F)c1C(=O)N1CCN(C(=O)c2ccc(F)cc2)CC1. The second kappa shape index (κ2) is 7.01. The van der Waals surface area contributed by atoms with E-state index in [0.717, 1.165) is 0 Å². The van der Waals surface area contributed by atoms with Crippen molar-refractivity contribution in [2.24, 2.45) is 0 Å². The Morgan fingerprint density at radius 2 is 1.52 bits per heavy atom. The van der Waals surface area contributed by atoms with Crippen LogP contribution in [-0.2, 0) is 6.18 Å². The largest absolute Gasteiger partial charge is 0.453 e. The smallest absolute Gasteiger partial charge is 0.351 e. The first-order valence-corrected chi connectivity index (χ1v) is 8.06. The lowest BCUT2D eigenvalue weighted by molar-refractivity contribution is -0.156. The number of alkyl halides is 3. The highest BCUT2D eigenvalue weighted by Crippen LogP contribution is 2.34. The Labute approximate surface area is 151 Å². The molecule has 0 radical (unpaired) electrons. The van der Waals surface area contributed by atoms with E-state index in [1.165, 1.54) is 41.0 Å². The van der Waals surface area contributed by atoms with Crippen molar-refractivity contribution in [3.8, 4) is 0 Å². The molecule has 0 atom stereocenters. The Hall–Kier alpha value is -2.91. The summed E-state index contributed by atoms with van der Waals surface area (Å²) in [6.45, 7) is 1.68. The van der Waals surface area contributed by atoms with E-state index < -0.39 is 29.2 Å². The molecule has 1 aliphatic heterocycles. The highest BCUT2D eigenvalue weighted by molar-refractivity contribution is 5.97. The van der Waals surface area contributed by atoms with Crippen LogP contribution < -0.4 is 0 Å². The lowest BCUT2D eigenvalue weighted by Gasteiger charge is -2.34. The van der Waals surface area contributed by atoms with E-state index in [0.29, 0.717) is 5.56 Å². The van der Waals surface area contributed by atoms with Gasteiger partial charge in [0.2, 0.25) is 0 Å². The second-order valence-corrected chi connectivity index (χ2v) is 6.06. The van der Waals surface area contributed by atoms with Crippen molar-refractivity contribution >= 4 is 11.8 Å². The van der Waals surface area contributed by atoms with Gasteiger partial charge in [-0.2, -0.15) is 13.2 Å². The van der Waals surface area contributed by atoms with E-state index in [1.807, 2.05) is 0 Å². The molecule has 0 spiro atoms. The van der Waals surface area contributed by atoms with Gasteiger partial charge in [-0.1, -0.05) is 5.16 Å². The maximum atomic E-state index is 13.0. The van der Waals surface area contributed by atoms with Gasteiger partial charge in [-0.05, 0) is 31.2 Å². The normalized spacial score (nSPS) is 15.1. The van der Waals surface area contributed by atoms with E-state index >= 15 is 0 Å². The standard InChI is InChI=1S/C17H15F4N3O3/c1-10-13(14(27-22-10)17(19,20)21)16(26)24-8-6-23(7-9-24)15(25)11-2-4-12(18)5-3-11/h2-5H,6-9H2,1H3. The fourth-order valence-electron chi connectivity index (χ4n) is 2.86. The Kier molecular flexibility index (Phi) is 4.90. The van der Waals surface area contributed by atoms with E-state index in [-0.39, 0.29) is 37.8 Å². The molecule has 2 heterocycles. The first kappa shape index (κ1) is 18.9. The maximum Gasteiger partial charge on any atom is 0.453 e. The number of hydrogen-bond acceptors (Lipinski definition) is 4. The van der Waals surface area contributed by atoms with Crippen molar-refractivity contribution in [2.75, 3.05) is 26.2 Å². The summed E-state index contributed by atoms with van der Waals surface area (Å²) in [5, 5.41) is 3.25. The number of piperazine rings is 1. The van der Waals surface area contributed by atoms with Gasteiger partial charge in [-0.25, -0.2) is 4.39 Å². The van der Waals surface area contributed by atoms with Crippen molar-refractivity contribution in [3.63, 3.8) is 0 Å². The summed E-state index contributed by atoms with van der Waals surface area (Å²) in [4.78, 5) is 27.6. The molecular weight excluding hydrogens is 370 g/mol. The number of rotatable bonds is 2. The molecule has 1 aliphatic rings. The zero-order valence-electron chi connectivity index (χ0n) is 14.2. The highest BCUT2D eigenvalue weighted by atomic mass is 19.4. The molecule has 2 amide bonds. The summed E-state index contributed by atoms with van der Waals surface area (Å²) < 4.78 is 56.2. The van der Waals surface area contributed by atoms with Gasteiger partial charge in [0.1, 0.15) is 11.4 Å². The van der Waals surface area contributed by atoms with Gasteiger partial charge in [-0.15, -0.1) is 0 Å². The van der Waals surface area contributed by atoms with Gasteiger partial charge in [0.25, 0.3) is 17.6 Å². The highest BCUT2D eigenvalue weighted by Gasteiger charge is 2.43. The van der Waals surface area contributed by atoms with Crippen molar-refractivity contribution in [1.29, 1.82) is 0 Å². The van der Waals surface area contributed by atoms with Crippen LogP contribution in [0, 0.1) is 12.7 Å². The van der Waals surface area contributed by atoms with E-state index in [1.54, 1.807) is 0 Å². The lowest BCUT2D eigenvalue weighted by Crippen LogP contribution is -2.50. The van der Waals surface area contributed by atoms with Gasteiger partial charge < -0.3 is 14.3 Å². The number of benzene rings is 1. The van der Waals surface area contributed by atoms with Gasteiger partial charge in [0.05, 0.1) is 5.69 Å². The number of hydrogen-bond donors (Lipinski definition) is 0. The third-order valence-electron chi connectivity index (χ3n) is 4.28. The van der Waals surface area contributed by atoms with Crippen molar-refractivity contribution in [2.45, 2.75) is 13.1 Å². The van der Waals surface area contributed by atoms with E-state index in [2.05, 4.69) is 9.68 Å². The minimum atomic E-state index is -4.83. The van der Waals surface area contributed by atoms with Crippen LogP contribution in [-0.4, -0.2) is 52.9 Å². The molecule has 0 aliphatic carbocycles. The topological polar surface area (TPSA) is 66.7 Å². The monoisotopic (exact) mass is 385 g/mol. The van der Waals surface area contributed by atoms with Crippen LogP contribution in [0.25, 0.3) is 0 Å². The molecule has 0 bridgehead atoms. The molecule has 0 N–H and O–H groups in total. The number of aryl methyl sites for hydroxylation is 1. The number of nitrogens with zero attached hydrogens (tertiary/aromatic N) is 3. The predicted molar refractivity (Wildman–Crippen MR) is 84.4 cm³/mol. The fourth-order valence-corrected chi connectivity index (χ4v) is 2.86. The number of carbonyl (C=O) groups is 2. The molecule has 3 rings (SSSR count). The Morgan fingerprint density at radius 1 is 1.00 bits per heavy atom. The zero-order chi connectivity index (χ0) is 19.8. The molecule has 1 fully saturated rings. The molecule has 1 aromatic carbocycles. The molecule has 144 valence electrons. The Balaban J connectivity index is 1.69. The quantitative estimate of drug-likeness (QED) is 0.746. The van der Waals surface area contributed by atoms with Crippen LogP contribution >= 0.6 is 0 Å². The summed E-state index contributed by atoms with van der Waals surface area (Å²) in [5.41, 5.74) is -0.455. The van der Waals surface area contributed by atoms with Crippen LogP contribution in [0.4, 0.5) is 17.6 Å². The third kappa shape index (κ3) is 3.79. The van der Waals surface area contributed by atoms with Crippen molar-refractivity contribution < 1.29 is 31.7 Å². The number of carbonyl (C=O) groups excluding carboxylic acids is 2. The van der Waals surface area contributed by atoms with Crippen molar-refractivity contribution in [1.82, 2.24) is 15.0 Å². The third-order valence-corrected chi connectivity index (χ3v) is 4.28. The maximum absolute atomic E-state index is 13.0. The molecule has 1 aromatic heterocycles. The van der Waals surface area contributed by atoms with E-state index in [4.69, 9.17) is 0 Å². The van der Waals surface area contributed by atoms with Gasteiger partial charge >= 0.3 is 6.18 Å². The van der Waals surface area contributed by atoms with Crippen LogP contribution in [0.15, 0.2) is 28.8 Å². The molecule has 2 aromatic rings. The summed E-state index contributed by atoms with van der Waals surface area (Å²) in [6, 6.07) is 5.04. The number of aromatic nitrogens is 1. The van der Waals surface area contributed by atoms with Crippen LogP contribution in [0.2, 0.25) is 0 Å². The Morgan fingerprint density at radius 3 is 2.04 bits per heavy atom. The van der Waals surface area contributed by atoms with Crippen LogP contribution in [0.3, 0.4) is 0 Å². The van der Waals surface area contributed by atoms with Crippen LogP contribution in [0.5, 0.6) is 0 Å². The minimum Gasteiger partial charge on any atom is -0.351 e. The van der Waals surface area contributed by atoms with Crippen molar-refractivity contribution in [3.05, 3.63) is 52.7 Å². The zero-order valence-corrected chi connectivity index (χ0v) is 14.2. The molecule has 27 heavy (non-hydrogen) atoms. The lowest BCUT2D eigenvalue weighted by atomic mass is 10.1. The second-order valence-electron chi connectivity index (χ2n) is 6.06. The van der Waals surface area contributed by atoms with Gasteiger partial charge in [-0.3, -0.25) is 9.59 Å². The van der Waals surface area contributed by atoms with E-state index in [9.17, 15) is 27.2 Å². The number of amides is 2. The predicted octanol–water partition coefficient (Wildman–Crippen LogP) is 2.74. The molecule has 6 nitrogen and oxygen atoms in total. The van der Waals surface area contributed by atoms with Gasteiger partial charge in [0.15, 0.2) is 0 Å². The summed E-state index contributed by atoms with van der Waals surface area (Å²) in [5.74, 6) is -3.06. The first-order valence-electron chi connectivity index (χ1n) is 8.06. The molecule has 0 saturated carbocycles. The first-order chi connectivity index (χ1) is 12.7. The number of halogens is 4. The molecular formula is C17H15F4N3O3. The summed E-state index contributed by atoms with van der Waals surface area (Å²) in [6.07, 6.45) is -4.83. The molecule has 10 heteroatoms. The average molecular weight is 385 g/mol. The Bertz CT molecular complexity index is 853. The summed E-state index contributed by atoms with van der Waals surface area (Å²) in [7, 11) is 0. The average Bonchev–Trinajstić information content (AvgIpc) is 3.03. The molecule has 0 unspecified atom stereocenters. The summed E-state index contributed by atoms with van der Waals surface area (Å²) >= 11 is 0. The minimum absolute atomic E-state index is 0.0632. The van der Waals surface area contributed by atoms with Gasteiger partial charge in [0, 0.05) is 31.7 Å².